The molecule has 0 aromatic heterocycles. The summed E-state index contributed by atoms with van der Waals surface area (Å²) in [5.74, 6) is -0.344. The Morgan fingerprint density at radius 1 is 1.32 bits per heavy atom. The average molecular weight is 408 g/mol. The Morgan fingerprint density at radius 3 is 2.48 bits per heavy atom. The standard InChI is InChI=1S/C17H26ClO5P2/c1-11-8-14(18)6-7-15(11)22-12(2)16(19)23-13(3)25(24)20-9-17(4,5)10-21-25/h6-8,12-13H,9-10,24H2,1-5H3/q+1. The SMILES string of the molecule is Cc1cc(Cl)ccc1OC(C)C(=O)OC(C)[P+]1(P)OCC(C)(C)CO1. The topological polar surface area (TPSA) is 54.0 Å². The number of ether oxygens (including phenoxy) is 2. The van der Waals surface area contributed by atoms with Gasteiger partial charge in [0.25, 0.3) is 5.85 Å². The molecule has 0 bridgehead atoms. The van der Waals surface area contributed by atoms with Crippen molar-refractivity contribution in [1.29, 1.82) is 0 Å². The molecule has 0 amide bonds. The van der Waals surface area contributed by atoms with Gasteiger partial charge < -0.3 is 9.47 Å². The minimum Gasteiger partial charge on any atom is -0.479 e. The molecule has 1 saturated heterocycles. The minimum absolute atomic E-state index is 0.0354. The molecule has 1 heterocycles. The van der Waals surface area contributed by atoms with Crippen LogP contribution < -0.4 is 4.74 Å². The third kappa shape index (κ3) is 5.52. The number of rotatable bonds is 5. The molecule has 5 nitrogen and oxygen atoms in total. The Hall–Kier alpha value is -0.440. The smallest absolute Gasteiger partial charge is 0.350 e. The molecule has 0 N–H and O–H groups in total. The minimum atomic E-state index is -2.33. The highest BCUT2D eigenvalue weighted by molar-refractivity contribution is 8.19. The molecule has 1 aromatic rings. The van der Waals surface area contributed by atoms with Crippen molar-refractivity contribution in [1.82, 2.24) is 0 Å². The molecule has 8 heteroatoms. The van der Waals surface area contributed by atoms with Crippen LogP contribution in [0, 0.1) is 12.3 Å². The molecular weight excluding hydrogens is 382 g/mol. The monoisotopic (exact) mass is 407 g/mol. The van der Waals surface area contributed by atoms with Gasteiger partial charge in [0.1, 0.15) is 19.0 Å². The van der Waals surface area contributed by atoms with E-state index in [4.69, 9.17) is 30.1 Å². The van der Waals surface area contributed by atoms with E-state index < -0.39 is 25.3 Å². The van der Waals surface area contributed by atoms with Crippen LogP contribution in [0.3, 0.4) is 0 Å². The second kappa shape index (κ2) is 8.06. The summed E-state index contributed by atoms with van der Waals surface area (Å²) in [6.45, 7) is 10.6. The first-order valence-electron chi connectivity index (χ1n) is 8.12. The van der Waals surface area contributed by atoms with Gasteiger partial charge in [0, 0.05) is 17.4 Å². The Morgan fingerprint density at radius 2 is 1.92 bits per heavy atom. The molecule has 3 atom stereocenters. The van der Waals surface area contributed by atoms with Crippen LogP contribution in [0.1, 0.15) is 33.3 Å². The lowest BCUT2D eigenvalue weighted by atomic mass is 9.97. The van der Waals surface area contributed by atoms with Crippen LogP contribution in [0.25, 0.3) is 0 Å². The first-order valence-corrected chi connectivity index (χ1v) is 11.8. The van der Waals surface area contributed by atoms with Gasteiger partial charge in [-0.2, -0.15) is 9.05 Å². The molecule has 0 spiro atoms. The van der Waals surface area contributed by atoms with Crippen LogP contribution in [-0.4, -0.2) is 31.1 Å². The second-order valence-corrected chi connectivity index (χ2v) is 12.2. The van der Waals surface area contributed by atoms with E-state index in [1.807, 2.05) is 6.92 Å². The lowest BCUT2D eigenvalue weighted by Crippen LogP contribution is -2.35. The number of esters is 1. The quantitative estimate of drug-likeness (QED) is 0.507. The third-order valence-electron chi connectivity index (χ3n) is 3.88. The van der Waals surface area contributed by atoms with Gasteiger partial charge in [0.15, 0.2) is 6.10 Å². The fourth-order valence-corrected chi connectivity index (χ4v) is 4.87. The lowest BCUT2D eigenvalue weighted by molar-refractivity contribution is -0.153. The summed E-state index contributed by atoms with van der Waals surface area (Å²) in [4.78, 5) is 12.4. The first-order chi connectivity index (χ1) is 11.5. The van der Waals surface area contributed by atoms with Crippen molar-refractivity contribution < 1.29 is 23.3 Å². The van der Waals surface area contributed by atoms with Gasteiger partial charge in [0.05, 0.1) is 8.93 Å². The fourth-order valence-electron chi connectivity index (χ4n) is 2.16. The molecule has 1 fully saturated rings. The van der Waals surface area contributed by atoms with E-state index in [-0.39, 0.29) is 5.41 Å². The van der Waals surface area contributed by atoms with Crippen LogP contribution in [0.15, 0.2) is 18.2 Å². The van der Waals surface area contributed by atoms with Crippen LogP contribution >= 0.6 is 27.9 Å². The van der Waals surface area contributed by atoms with Gasteiger partial charge in [0.2, 0.25) is 0 Å². The summed E-state index contributed by atoms with van der Waals surface area (Å²) < 4.78 is 23.0. The molecule has 1 aromatic carbocycles. The fraction of sp³-hybridized carbons (Fsp3) is 0.588. The number of benzene rings is 1. The third-order valence-corrected chi connectivity index (χ3v) is 8.45. The van der Waals surface area contributed by atoms with Crippen molar-refractivity contribution in [3.05, 3.63) is 28.8 Å². The van der Waals surface area contributed by atoms with Gasteiger partial charge in [-0.05, 0) is 37.6 Å². The number of hydrogen-bond donors (Lipinski definition) is 0. The van der Waals surface area contributed by atoms with Gasteiger partial charge >= 0.3 is 13.4 Å². The summed E-state index contributed by atoms with van der Waals surface area (Å²) >= 11 is 5.93. The summed E-state index contributed by atoms with van der Waals surface area (Å²) in [5.41, 5.74) is 0.822. The van der Waals surface area contributed by atoms with Crippen molar-refractivity contribution in [2.24, 2.45) is 5.41 Å². The molecule has 2 rings (SSSR count). The Labute approximate surface area is 157 Å². The Bertz CT molecular complexity index is 627. The zero-order valence-corrected chi connectivity index (χ0v) is 18.0. The summed E-state index contributed by atoms with van der Waals surface area (Å²) in [6, 6.07) is 5.25. The van der Waals surface area contributed by atoms with Crippen LogP contribution in [0.5, 0.6) is 5.75 Å². The highest BCUT2D eigenvalue weighted by Crippen LogP contribution is 2.74. The second-order valence-electron chi connectivity index (χ2n) is 7.06. The molecule has 25 heavy (non-hydrogen) atoms. The first kappa shape index (κ1) is 20.9. The van der Waals surface area contributed by atoms with Crippen molar-refractivity contribution in [3.63, 3.8) is 0 Å². The zero-order chi connectivity index (χ0) is 18.8. The van der Waals surface area contributed by atoms with Crippen molar-refractivity contribution in [2.45, 2.75) is 46.6 Å². The lowest BCUT2D eigenvalue weighted by Gasteiger charge is -2.35. The number of carbonyl (C=O) groups excluding carboxylic acids is 1. The zero-order valence-electron chi connectivity index (χ0n) is 15.2. The van der Waals surface area contributed by atoms with Gasteiger partial charge in [-0.3, -0.25) is 0 Å². The average Bonchev–Trinajstić information content (AvgIpc) is 2.53. The molecule has 140 valence electrons. The highest BCUT2D eigenvalue weighted by Gasteiger charge is 2.52. The van der Waals surface area contributed by atoms with E-state index in [0.29, 0.717) is 24.0 Å². The molecule has 0 saturated carbocycles. The Kier molecular flexibility index (Phi) is 6.73. The largest absolute Gasteiger partial charge is 0.479 e. The highest BCUT2D eigenvalue weighted by atomic mass is 35.5. The van der Waals surface area contributed by atoms with E-state index >= 15 is 0 Å². The van der Waals surface area contributed by atoms with E-state index in [1.165, 1.54) is 0 Å². The molecule has 1 aliphatic rings. The summed E-state index contributed by atoms with van der Waals surface area (Å²) in [6.07, 6.45) is -0.750. The van der Waals surface area contributed by atoms with Crippen molar-refractivity contribution >= 4 is 33.9 Å². The molecule has 3 unspecified atom stereocenters. The van der Waals surface area contributed by atoms with Crippen molar-refractivity contribution in [2.75, 3.05) is 13.2 Å². The molecule has 0 radical (unpaired) electrons. The summed E-state index contributed by atoms with van der Waals surface area (Å²) in [5, 5.41) is 0.623. The van der Waals surface area contributed by atoms with Gasteiger partial charge in [-0.25, -0.2) is 4.79 Å². The maximum Gasteiger partial charge on any atom is 0.350 e. The normalized spacial score (nSPS) is 21.2. The van der Waals surface area contributed by atoms with Gasteiger partial charge in [-0.1, -0.05) is 25.4 Å². The predicted molar refractivity (Wildman–Crippen MR) is 104 cm³/mol. The van der Waals surface area contributed by atoms with E-state index in [0.717, 1.165) is 5.56 Å². The summed E-state index contributed by atoms with van der Waals surface area (Å²) in [7, 11) is 0.289. The van der Waals surface area contributed by atoms with Crippen LogP contribution in [0.4, 0.5) is 0 Å². The number of halogens is 1. The maximum atomic E-state index is 12.4. The van der Waals surface area contributed by atoms with Crippen LogP contribution in [-0.2, 0) is 18.6 Å². The van der Waals surface area contributed by atoms with Gasteiger partial charge in [-0.15, -0.1) is 0 Å². The van der Waals surface area contributed by atoms with E-state index in [1.54, 1.807) is 32.0 Å². The number of carbonyl (C=O) groups is 1. The molecular formula is C17H26ClO5P2+. The number of aryl methyl sites for hydroxylation is 1. The van der Waals surface area contributed by atoms with Crippen LogP contribution in [0.2, 0.25) is 5.02 Å². The Balaban J connectivity index is 1.94. The van der Waals surface area contributed by atoms with E-state index in [2.05, 4.69) is 22.8 Å². The number of hydrogen-bond acceptors (Lipinski definition) is 5. The maximum absolute atomic E-state index is 12.4. The molecule has 0 aliphatic carbocycles. The molecule has 1 aliphatic heterocycles. The van der Waals surface area contributed by atoms with Crippen molar-refractivity contribution in [3.8, 4) is 5.75 Å². The van der Waals surface area contributed by atoms with E-state index in [9.17, 15) is 4.79 Å². The predicted octanol–water partition coefficient (Wildman–Crippen LogP) is 5.02.